The van der Waals surface area contributed by atoms with E-state index in [9.17, 15) is 29.8 Å². The van der Waals surface area contributed by atoms with E-state index in [1.165, 1.54) is 42.6 Å². The van der Waals surface area contributed by atoms with Crippen LogP contribution in [0.1, 0.15) is 16.1 Å². The third kappa shape index (κ3) is 6.21. The van der Waals surface area contributed by atoms with Crippen LogP contribution in [0, 0.1) is 20.2 Å². The average molecular weight is 454 g/mol. The summed E-state index contributed by atoms with van der Waals surface area (Å²) in [5.41, 5.74) is 2.37. The minimum absolute atomic E-state index is 0.0574. The van der Waals surface area contributed by atoms with Gasteiger partial charge in [-0.2, -0.15) is 5.10 Å². The number of nitrogens with one attached hydrogen (secondary N) is 1. The lowest BCUT2D eigenvalue weighted by Crippen LogP contribution is -2.24. The summed E-state index contributed by atoms with van der Waals surface area (Å²) in [6, 6.07) is 13.8. The van der Waals surface area contributed by atoms with E-state index in [0.717, 1.165) is 12.1 Å². The second-order valence-corrected chi connectivity index (χ2v) is 6.16. The summed E-state index contributed by atoms with van der Waals surface area (Å²) in [7, 11) is 0. The van der Waals surface area contributed by atoms with Crippen molar-refractivity contribution in [1.29, 1.82) is 0 Å². The smallest absolute Gasteiger partial charge is 0.433 e. The molecule has 0 unspecified atom stereocenters. The number of nitrogens with zero attached hydrogens (tertiary/aromatic N) is 3. The molecule has 0 bridgehead atoms. The number of amides is 1. The van der Waals surface area contributed by atoms with Crippen molar-refractivity contribution in [3.8, 4) is 11.5 Å². The van der Waals surface area contributed by atoms with Crippen LogP contribution in [-0.4, -0.2) is 34.5 Å². The molecule has 0 aliphatic heterocycles. The van der Waals surface area contributed by atoms with Crippen LogP contribution in [0.5, 0.6) is 11.5 Å². The van der Waals surface area contributed by atoms with Crippen LogP contribution in [0.15, 0.2) is 70.2 Å². The molecule has 2 aromatic carbocycles. The molecule has 33 heavy (non-hydrogen) atoms. The molecule has 1 heterocycles. The maximum Gasteiger partial charge on any atom is 0.433 e. The van der Waals surface area contributed by atoms with E-state index in [-0.39, 0.29) is 22.9 Å². The fourth-order valence-corrected chi connectivity index (χ4v) is 2.44. The number of para-hydroxylation sites is 2. The molecule has 0 saturated heterocycles. The Hall–Kier alpha value is -5.07. The summed E-state index contributed by atoms with van der Waals surface area (Å²) >= 11 is 0. The Kier molecular flexibility index (Phi) is 7.06. The van der Waals surface area contributed by atoms with Crippen molar-refractivity contribution in [3.63, 3.8) is 0 Å². The molecular weight excluding hydrogens is 440 g/mol. The lowest BCUT2D eigenvalue weighted by Gasteiger charge is -2.05. The second-order valence-electron chi connectivity index (χ2n) is 6.16. The van der Waals surface area contributed by atoms with Gasteiger partial charge in [0, 0.05) is 6.07 Å². The van der Waals surface area contributed by atoms with E-state index < -0.39 is 34.2 Å². The molecular formula is C20H14N4O9. The normalized spacial score (nSPS) is 10.5. The number of hydrogen-bond acceptors (Lipinski definition) is 10. The van der Waals surface area contributed by atoms with Gasteiger partial charge in [0.15, 0.2) is 12.4 Å². The number of hydrazone groups is 1. The SMILES string of the molecule is O=C(COc1ccccc1[N+](=O)[O-])N/N=C/c1cccc(OC(=O)c2ccc([N+](=O)[O-])o2)c1. The zero-order chi connectivity index (χ0) is 23.8. The van der Waals surface area contributed by atoms with E-state index in [1.54, 1.807) is 12.1 Å². The van der Waals surface area contributed by atoms with Gasteiger partial charge >= 0.3 is 17.5 Å². The Balaban J connectivity index is 1.54. The standard InChI is InChI=1S/C20H14N4O9/c25-18(12-31-16-7-2-1-6-15(16)23(27)28)22-21-11-13-4-3-5-14(10-13)32-20(26)17-8-9-19(33-17)24(29)30/h1-11H,12H2,(H,22,25)/b21-11+. The van der Waals surface area contributed by atoms with Gasteiger partial charge in [-0.15, -0.1) is 0 Å². The Labute approximate surface area is 184 Å². The highest BCUT2D eigenvalue weighted by Crippen LogP contribution is 2.25. The number of ether oxygens (including phenoxy) is 2. The number of carbonyl (C=O) groups is 2. The highest BCUT2D eigenvalue weighted by atomic mass is 16.7. The second kappa shape index (κ2) is 10.3. The first-order valence-electron chi connectivity index (χ1n) is 9.08. The Morgan fingerprint density at radius 2 is 1.82 bits per heavy atom. The van der Waals surface area contributed by atoms with Crippen LogP contribution in [0.2, 0.25) is 0 Å². The van der Waals surface area contributed by atoms with Crippen LogP contribution < -0.4 is 14.9 Å². The van der Waals surface area contributed by atoms with Crippen molar-refractivity contribution in [2.24, 2.45) is 5.10 Å². The number of carbonyl (C=O) groups excluding carboxylic acids is 2. The largest absolute Gasteiger partial charge is 0.477 e. The van der Waals surface area contributed by atoms with E-state index in [2.05, 4.69) is 10.5 Å². The molecule has 0 radical (unpaired) electrons. The van der Waals surface area contributed by atoms with E-state index in [1.807, 2.05) is 0 Å². The zero-order valence-electron chi connectivity index (χ0n) is 16.6. The molecule has 168 valence electrons. The van der Waals surface area contributed by atoms with Crippen LogP contribution in [-0.2, 0) is 4.79 Å². The number of hydrogen-bond donors (Lipinski definition) is 1. The first-order chi connectivity index (χ1) is 15.8. The molecule has 13 heteroatoms. The average Bonchev–Trinajstić information content (AvgIpc) is 3.29. The molecule has 1 N–H and O–H groups in total. The van der Waals surface area contributed by atoms with Gasteiger partial charge in [0.25, 0.3) is 5.91 Å². The van der Waals surface area contributed by atoms with Gasteiger partial charge in [0.1, 0.15) is 10.7 Å². The van der Waals surface area contributed by atoms with Gasteiger partial charge in [-0.1, -0.05) is 24.3 Å². The number of esters is 1. The first kappa shape index (κ1) is 22.6. The van der Waals surface area contributed by atoms with Crippen LogP contribution in [0.25, 0.3) is 0 Å². The first-order valence-corrected chi connectivity index (χ1v) is 9.08. The molecule has 3 aromatic rings. The van der Waals surface area contributed by atoms with E-state index in [0.29, 0.717) is 5.56 Å². The zero-order valence-corrected chi connectivity index (χ0v) is 16.6. The molecule has 0 atom stereocenters. The van der Waals surface area contributed by atoms with Crippen LogP contribution in [0.3, 0.4) is 0 Å². The molecule has 13 nitrogen and oxygen atoms in total. The van der Waals surface area contributed by atoms with Gasteiger partial charge in [-0.3, -0.25) is 25.0 Å². The maximum absolute atomic E-state index is 12.0. The van der Waals surface area contributed by atoms with Crippen molar-refractivity contribution in [3.05, 3.63) is 92.2 Å². The van der Waals surface area contributed by atoms with Gasteiger partial charge in [-0.25, -0.2) is 10.2 Å². The maximum atomic E-state index is 12.0. The summed E-state index contributed by atoms with van der Waals surface area (Å²) < 4.78 is 15.0. The molecule has 0 aliphatic rings. The van der Waals surface area contributed by atoms with Crippen LogP contribution in [0.4, 0.5) is 11.6 Å². The predicted octanol–water partition coefficient (Wildman–Crippen LogP) is 2.84. The monoisotopic (exact) mass is 454 g/mol. The summed E-state index contributed by atoms with van der Waals surface area (Å²) in [5.74, 6) is -2.48. The minimum atomic E-state index is -0.933. The van der Waals surface area contributed by atoms with Crippen molar-refractivity contribution < 1.29 is 33.3 Å². The fourth-order valence-electron chi connectivity index (χ4n) is 2.44. The summed E-state index contributed by atoms with van der Waals surface area (Å²) in [4.78, 5) is 44.0. The van der Waals surface area contributed by atoms with Gasteiger partial charge < -0.3 is 13.9 Å². The third-order valence-electron chi connectivity index (χ3n) is 3.87. The van der Waals surface area contributed by atoms with Gasteiger partial charge in [0.05, 0.1) is 17.2 Å². The molecule has 0 aliphatic carbocycles. The molecule has 1 aromatic heterocycles. The van der Waals surface area contributed by atoms with Crippen molar-refractivity contribution >= 4 is 29.7 Å². The highest BCUT2D eigenvalue weighted by molar-refractivity contribution is 5.89. The number of rotatable bonds is 9. The molecule has 0 spiro atoms. The quantitative estimate of drug-likeness (QED) is 0.167. The highest BCUT2D eigenvalue weighted by Gasteiger charge is 2.19. The Morgan fingerprint density at radius 1 is 1.03 bits per heavy atom. The van der Waals surface area contributed by atoms with Crippen molar-refractivity contribution in [2.45, 2.75) is 0 Å². The summed E-state index contributed by atoms with van der Waals surface area (Å²) in [6.45, 7) is -0.505. The molecule has 1 amide bonds. The molecule has 0 fully saturated rings. The van der Waals surface area contributed by atoms with Crippen LogP contribution >= 0.6 is 0 Å². The molecule has 3 rings (SSSR count). The number of benzene rings is 2. The minimum Gasteiger partial charge on any atom is -0.477 e. The van der Waals surface area contributed by atoms with Crippen molar-refractivity contribution in [1.82, 2.24) is 5.43 Å². The Morgan fingerprint density at radius 3 is 2.55 bits per heavy atom. The summed E-state index contributed by atoms with van der Waals surface area (Å²) in [6.07, 6.45) is 1.26. The number of furan rings is 1. The lowest BCUT2D eigenvalue weighted by molar-refractivity contribution is -0.402. The Bertz CT molecular complexity index is 1240. The fraction of sp³-hybridized carbons (Fsp3) is 0.0500. The van der Waals surface area contributed by atoms with E-state index in [4.69, 9.17) is 13.9 Å². The lowest BCUT2D eigenvalue weighted by atomic mass is 10.2. The molecule has 0 saturated carbocycles. The van der Waals surface area contributed by atoms with Gasteiger partial charge in [-0.05, 0) is 29.8 Å². The number of nitro groups is 2. The number of nitro benzene ring substituents is 1. The van der Waals surface area contributed by atoms with E-state index >= 15 is 0 Å². The van der Waals surface area contributed by atoms with Gasteiger partial charge in [0.2, 0.25) is 5.76 Å². The topological polar surface area (TPSA) is 176 Å². The van der Waals surface area contributed by atoms with Crippen molar-refractivity contribution in [2.75, 3.05) is 6.61 Å². The third-order valence-corrected chi connectivity index (χ3v) is 3.87. The predicted molar refractivity (Wildman–Crippen MR) is 111 cm³/mol. The summed E-state index contributed by atoms with van der Waals surface area (Å²) in [5, 5.41) is 25.3.